The number of nitrogens with two attached hydrogens (primary N) is 1. The van der Waals surface area contributed by atoms with Crippen molar-refractivity contribution in [1.29, 1.82) is 0 Å². The quantitative estimate of drug-likeness (QED) is 0.707. The molecule has 1 heterocycles. The van der Waals surface area contributed by atoms with Crippen molar-refractivity contribution in [2.75, 3.05) is 25.1 Å². The second kappa shape index (κ2) is 4.37. The van der Waals surface area contributed by atoms with Gasteiger partial charge >= 0.3 is 0 Å². The standard InChI is InChI=1S/C11H15N3O2S/c1-13-10(16)6-7(12)9(17-11(6)14-2)8(15)5-3-4-5/h5,14H,3-4,12H2,1-2H3,(H,13,16). The molecule has 0 aromatic carbocycles. The Labute approximate surface area is 103 Å². The fraction of sp³-hybridized carbons (Fsp3) is 0.455. The molecule has 6 heteroatoms. The van der Waals surface area contributed by atoms with Gasteiger partial charge in [-0.2, -0.15) is 0 Å². The van der Waals surface area contributed by atoms with Crippen LogP contribution in [0.5, 0.6) is 0 Å². The summed E-state index contributed by atoms with van der Waals surface area (Å²) in [6.07, 6.45) is 1.86. The maximum atomic E-state index is 12.0. The number of rotatable bonds is 4. The molecule has 1 aromatic heterocycles. The molecule has 92 valence electrons. The van der Waals surface area contributed by atoms with Gasteiger partial charge in [-0.3, -0.25) is 9.59 Å². The Hall–Kier alpha value is -1.56. The van der Waals surface area contributed by atoms with Crippen LogP contribution in [-0.4, -0.2) is 25.8 Å². The van der Waals surface area contributed by atoms with Gasteiger partial charge in [-0.1, -0.05) is 0 Å². The predicted octanol–water partition coefficient (Wildman–Crippen LogP) is 1.32. The van der Waals surface area contributed by atoms with Gasteiger partial charge < -0.3 is 16.4 Å². The maximum Gasteiger partial charge on any atom is 0.256 e. The summed E-state index contributed by atoms with van der Waals surface area (Å²) >= 11 is 1.26. The van der Waals surface area contributed by atoms with Gasteiger partial charge in [0.2, 0.25) is 0 Å². The zero-order valence-electron chi connectivity index (χ0n) is 9.79. The largest absolute Gasteiger partial charge is 0.397 e. The molecule has 1 aromatic rings. The van der Waals surface area contributed by atoms with Crippen LogP contribution in [0.25, 0.3) is 0 Å². The Kier molecular flexibility index (Phi) is 3.06. The lowest BCUT2D eigenvalue weighted by atomic mass is 10.1. The third-order valence-electron chi connectivity index (χ3n) is 2.80. The summed E-state index contributed by atoms with van der Waals surface area (Å²) < 4.78 is 0. The van der Waals surface area contributed by atoms with Crippen molar-refractivity contribution >= 4 is 33.7 Å². The number of nitrogen functional groups attached to an aromatic ring is 1. The number of carbonyl (C=O) groups is 2. The Balaban J connectivity index is 2.44. The van der Waals surface area contributed by atoms with Crippen LogP contribution in [-0.2, 0) is 0 Å². The monoisotopic (exact) mass is 253 g/mol. The first kappa shape index (κ1) is 11.9. The van der Waals surface area contributed by atoms with E-state index in [1.807, 2.05) is 0 Å². The summed E-state index contributed by atoms with van der Waals surface area (Å²) in [5.41, 5.74) is 6.59. The van der Waals surface area contributed by atoms with Crippen LogP contribution in [0.3, 0.4) is 0 Å². The van der Waals surface area contributed by atoms with E-state index in [9.17, 15) is 9.59 Å². The minimum Gasteiger partial charge on any atom is -0.397 e. The van der Waals surface area contributed by atoms with E-state index in [2.05, 4.69) is 10.6 Å². The number of nitrogens with one attached hydrogen (secondary N) is 2. The number of amides is 1. The topological polar surface area (TPSA) is 84.2 Å². The third kappa shape index (κ3) is 2.00. The van der Waals surface area contributed by atoms with Gasteiger partial charge in [-0.25, -0.2) is 0 Å². The number of ketones is 1. The molecule has 1 fully saturated rings. The fourth-order valence-electron chi connectivity index (χ4n) is 1.68. The molecule has 2 rings (SSSR count). The SMILES string of the molecule is CNC(=O)c1c(NC)sc(C(=O)C2CC2)c1N. The summed E-state index contributed by atoms with van der Waals surface area (Å²) in [5.74, 6) is -0.0877. The molecule has 5 nitrogen and oxygen atoms in total. The molecule has 0 radical (unpaired) electrons. The first-order valence-corrected chi connectivity index (χ1v) is 6.28. The Morgan fingerprint density at radius 1 is 1.35 bits per heavy atom. The predicted molar refractivity (Wildman–Crippen MR) is 68.7 cm³/mol. The molecule has 4 N–H and O–H groups in total. The highest BCUT2D eigenvalue weighted by atomic mass is 32.1. The Morgan fingerprint density at radius 2 is 2.00 bits per heavy atom. The number of hydrogen-bond acceptors (Lipinski definition) is 5. The molecular formula is C11H15N3O2S. The molecule has 1 aliphatic rings. The van der Waals surface area contributed by atoms with Gasteiger partial charge in [0, 0.05) is 20.0 Å². The minimum atomic E-state index is -0.266. The summed E-state index contributed by atoms with van der Waals surface area (Å²) in [5, 5.41) is 6.09. The molecule has 0 saturated heterocycles. The second-order valence-corrected chi connectivity index (χ2v) is 5.04. The number of anilines is 2. The van der Waals surface area contributed by atoms with Crippen LogP contribution in [0.4, 0.5) is 10.7 Å². The van der Waals surface area contributed by atoms with Crippen molar-refractivity contribution in [3.63, 3.8) is 0 Å². The highest BCUT2D eigenvalue weighted by Gasteiger charge is 2.34. The van der Waals surface area contributed by atoms with E-state index >= 15 is 0 Å². The van der Waals surface area contributed by atoms with Crippen molar-refractivity contribution in [2.24, 2.45) is 5.92 Å². The molecular weight excluding hydrogens is 238 g/mol. The van der Waals surface area contributed by atoms with Gasteiger partial charge in [-0.15, -0.1) is 11.3 Å². The van der Waals surface area contributed by atoms with E-state index < -0.39 is 0 Å². The zero-order chi connectivity index (χ0) is 12.6. The van der Waals surface area contributed by atoms with Gasteiger partial charge in [0.05, 0.1) is 16.1 Å². The van der Waals surface area contributed by atoms with Crippen LogP contribution < -0.4 is 16.4 Å². The summed E-state index contributed by atoms with van der Waals surface area (Å²) in [6, 6.07) is 0. The molecule has 1 saturated carbocycles. The lowest BCUT2D eigenvalue weighted by Crippen LogP contribution is -2.20. The summed E-state index contributed by atoms with van der Waals surface area (Å²) in [6.45, 7) is 0. The Bertz CT molecular complexity index is 477. The van der Waals surface area contributed by atoms with E-state index in [-0.39, 0.29) is 17.6 Å². The van der Waals surface area contributed by atoms with E-state index in [0.717, 1.165) is 12.8 Å². The lowest BCUT2D eigenvalue weighted by molar-refractivity contribution is 0.0964. The lowest BCUT2D eigenvalue weighted by Gasteiger charge is -2.02. The summed E-state index contributed by atoms with van der Waals surface area (Å²) in [7, 11) is 3.25. The van der Waals surface area contributed by atoms with Gasteiger partial charge in [0.1, 0.15) is 5.00 Å². The van der Waals surface area contributed by atoms with Crippen molar-refractivity contribution in [1.82, 2.24) is 5.32 Å². The first-order valence-electron chi connectivity index (χ1n) is 5.46. The van der Waals surface area contributed by atoms with Crippen molar-refractivity contribution in [3.8, 4) is 0 Å². The van der Waals surface area contributed by atoms with E-state index in [1.165, 1.54) is 11.3 Å². The molecule has 0 bridgehead atoms. The highest BCUT2D eigenvalue weighted by molar-refractivity contribution is 7.19. The van der Waals surface area contributed by atoms with Crippen LogP contribution in [0.15, 0.2) is 0 Å². The molecule has 1 aliphatic carbocycles. The van der Waals surface area contributed by atoms with Gasteiger partial charge in [0.15, 0.2) is 5.78 Å². The van der Waals surface area contributed by atoms with Gasteiger partial charge in [-0.05, 0) is 12.8 Å². The van der Waals surface area contributed by atoms with Gasteiger partial charge in [0.25, 0.3) is 5.91 Å². The van der Waals surface area contributed by atoms with E-state index in [0.29, 0.717) is 21.1 Å². The molecule has 1 amide bonds. The first-order chi connectivity index (χ1) is 8.10. The molecule has 17 heavy (non-hydrogen) atoms. The number of thiophene rings is 1. The average Bonchev–Trinajstić information content (AvgIpc) is 3.11. The van der Waals surface area contributed by atoms with Crippen LogP contribution >= 0.6 is 11.3 Å². The van der Waals surface area contributed by atoms with Crippen molar-refractivity contribution < 1.29 is 9.59 Å². The Morgan fingerprint density at radius 3 is 2.47 bits per heavy atom. The van der Waals surface area contributed by atoms with Crippen LogP contribution in [0, 0.1) is 5.92 Å². The normalized spacial score (nSPS) is 14.5. The smallest absolute Gasteiger partial charge is 0.256 e. The number of Topliss-reactive ketones (excluding diaryl/α,β-unsaturated/α-hetero) is 1. The van der Waals surface area contributed by atoms with Crippen LogP contribution in [0.1, 0.15) is 32.9 Å². The molecule has 0 aliphatic heterocycles. The zero-order valence-corrected chi connectivity index (χ0v) is 10.6. The van der Waals surface area contributed by atoms with E-state index in [1.54, 1.807) is 14.1 Å². The van der Waals surface area contributed by atoms with Crippen molar-refractivity contribution in [3.05, 3.63) is 10.4 Å². The molecule has 0 unspecified atom stereocenters. The maximum absolute atomic E-state index is 12.0. The molecule has 0 atom stereocenters. The minimum absolute atomic E-state index is 0.0687. The number of carbonyl (C=O) groups excluding carboxylic acids is 2. The molecule has 0 spiro atoms. The second-order valence-electron chi connectivity index (χ2n) is 4.02. The van der Waals surface area contributed by atoms with Crippen molar-refractivity contribution in [2.45, 2.75) is 12.8 Å². The summed E-state index contributed by atoms with van der Waals surface area (Å²) in [4.78, 5) is 24.2. The highest BCUT2D eigenvalue weighted by Crippen LogP contribution is 2.41. The third-order valence-corrected chi connectivity index (χ3v) is 4.04. The van der Waals surface area contributed by atoms with Crippen LogP contribution in [0.2, 0.25) is 0 Å². The average molecular weight is 253 g/mol. The van der Waals surface area contributed by atoms with E-state index in [4.69, 9.17) is 5.73 Å². The number of hydrogen-bond donors (Lipinski definition) is 3. The fourth-order valence-corrected chi connectivity index (χ4v) is 2.77.